The van der Waals surface area contributed by atoms with Crippen molar-refractivity contribution in [3.8, 4) is 0 Å². The van der Waals surface area contributed by atoms with Crippen molar-refractivity contribution in [2.45, 2.75) is 120 Å². The number of imidazole rings is 2. The third kappa shape index (κ3) is 10.2. The molecule has 402 valence electrons. The van der Waals surface area contributed by atoms with Crippen LogP contribution in [0.5, 0.6) is 0 Å². The van der Waals surface area contributed by atoms with Gasteiger partial charge in [-0.05, 0) is 124 Å². The Balaban J connectivity index is 0.967. The lowest BCUT2D eigenvalue weighted by Crippen LogP contribution is -2.54. The number of piperidine rings is 1. The van der Waals surface area contributed by atoms with E-state index in [1.165, 1.54) is 39.0 Å². The van der Waals surface area contributed by atoms with Crippen LogP contribution in [0.4, 0.5) is 29.7 Å². The van der Waals surface area contributed by atoms with Crippen LogP contribution >= 0.6 is 0 Å². The first kappa shape index (κ1) is 52.1. The number of H-pyrrole nitrogens is 2. The molecule has 4 aliphatic heterocycles. The van der Waals surface area contributed by atoms with Crippen molar-refractivity contribution >= 4 is 57.4 Å². The Morgan fingerprint density at radius 2 is 1.13 bits per heavy atom. The van der Waals surface area contributed by atoms with Gasteiger partial charge in [0.1, 0.15) is 29.4 Å². The second-order valence-electron chi connectivity index (χ2n) is 20.5. The van der Waals surface area contributed by atoms with Gasteiger partial charge < -0.3 is 59.5 Å². The van der Waals surface area contributed by atoms with Gasteiger partial charge in [-0.1, -0.05) is 42.5 Å². The Morgan fingerprint density at radius 1 is 0.632 bits per heavy atom. The van der Waals surface area contributed by atoms with E-state index in [0.29, 0.717) is 92.6 Å². The Hall–Kier alpha value is -7.32. The number of rotatable bonds is 15. The molecule has 20 heteroatoms. The number of aromatic nitrogens is 4. The fraction of sp³-hybridized carbons (Fsp3) is 0.464. The number of halogens is 2. The van der Waals surface area contributed by atoms with E-state index in [1.54, 1.807) is 23.6 Å². The molecule has 0 saturated carbocycles. The van der Waals surface area contributed by atoms with Crippen LogP contribution in [0.15, 0.2) is 78.9 Å². The lowest BCUT2D eigenvalue weighted by Gasteiger charge is -2.36. The number of fused-ring (bicyclic) bond motifs is 2. The first-order valence-electron chi connectivity index (χ1n) is 26.3. The van der Waals surface area contributed by atoms with Gasteiger partial charge in [-0.2, -0.15) is 0 Å². The van der Waals surface area contributed by atoms with E-state index in [1.807, 2.05) is 59.5 Å². The van der Waals surface area contributed by atoms with Gasteiger partial charge in [0, 0.05) is 46.1 Å². The molecule has 5 N–H and O–H groups in total. The van der Waals surface area contributed by atoms with Crippen LogP contribution in [0.3, 0.4) is 0 Å². The van der Waals surface area contributed by atoms with Gasteiger partial charge in [-0.15, -0.1) is 0 Å². The number of hydrogen-bond donors (Lipinski definition) is 5. The highest BCUT2D eigenvalue weighted by Gasteiger charge is 2.42. The Labute approximate surface area is 439 Å². The molecule has 76 heavy (non-hydrogen) atoms. The molecule has 4 aromatic carbocycles. The van der Waals surface area contributed by atoms with E-state index in [4.69, 9.17) is 24.2 Å². The maximum atomic E-state index is 16.8. The number of alkyl carbamates (subject to hydrolysis) is 1. The van der Waals surface area contributed by atoms with Gasteiger partial charge in [-0.25, -0.2) is 28.3 Å². The van der Waals surface area contributed by atoms with Gasteiger partial charge in [0.05, 0.1) is 65.6 Å². The van der Waals surface area contributed by atoms with Crippen LogP contribution < -0.4 is 20.4 Å². The molecule has 2 aromatic heterocycles. The summed E-state index contributed by atoms with van der Waals surface area (Å²) in [6.07, 6.45) is 2.13. The standard InChI is InChI=1S/C56H66F2N10O8/c1-31(74-3)48(63-55(71)72)53(69)66-23-9-13-46(66)51-59-40-17-15-35(27-42(40)61-51)44-19-20-45(68(44)37-29-38(57)50(39(58)30-37)65-25-21-34(22-26-65)33-11-7-6-8-12-33)36-16-18-41-43(28-36)62-52(60-41)47-14-10-24-67(47)54(70)49(32(2)75-4)64-56(73)76-5/h6-8,11-12,15-18,27-32,34,44-49,63H,9-10,13-14,19-26H2,1-5H3,(H,59,61)(H,60,62)(H,64,73)(H,71,72)/t31-,32-,44-,45-,46+,47+,48+,49+/m1/s1. The molecule has 8 atom stereocenters. The predicted octanol–water partition coefficient (Wildman–Crippen LogP) is 8.94. The summed E-state index contributed by atoms with van der Waals surface area (Å²) in [5.41, 5.74) is 6.24. The number of ether oxygens (including phenoxy) is 3. The van der Waals surface area contributed by atoms with Crippen molar-refractivity contribution in [2.75, 3.05) is 57.3 Å². The third-order valence-electron chi connectivity index (χ3n) is 16.2. The van der Waals surface area contributed by atoms with Crippen LogP contribution in [0.1, 0.15) is 124 Å². The number of carbonyl (C=O) groups excluding carboxylic acids is 3. The number of benzene rings is 4. The van der Waals surface area contributed by atoms with Crippen LogP contribution in [0.25, 0.3) is 22.1 Å². The van der Waals surface area contributed by atoms with E-state index < -0.39 is 66.1 Å². The fourth-order valence-corrected chi connectivity index (χ4v) is 12.2. The minimum atomic E-state index is -1.32. The average Bonchev–Trinajstić information content (AvgIpc) is 4.31. The molecule has 4 aliphatic rings. The minimum Gasteiger partial charge on any atom is -0.465 e. The highest BCUT2D eigenvalue weighted by Crippen LogP contribution is 2.49. The molecular formula is C56H66F2N10O8. The number of amides is 4. The molecule has 6 aromatic rings. The SMILES string of the molecule is COC(=O)N[C@H](C(=O)N1CCC[C@H]1c1nc2ccc([C@H]3CC[C@H](c4ccc5nc([C@@H]6CCCN6C(=O)[C@@H](NC(=O)O)[C@@H](C)OC)[nH]c5c4)N3c3cc(F)c(N4CCC(c5ccccc5)CC4)c(F)c3)cc2[nH]1)[C@@H](C)OC. The largest absolute Gasteiger partial charge is 0.465 e. The average molecular weight is 1050 g/mol. The predicted molar refractivity (Wildman–Crippen MR) is 281 cm³/mol. The Morgan fingerprint density at radius 3 is 1.61 bits per heavy atom. The summed E-state index contributed by atoms with van der Waals surface area (Å²) < 4.78 is 49.3. The fourth-order valence-electron chi connectivity index (χ4n) is 12.2. The number of carboxylic acid groups (broad SMARTS) is 1. The van der Waals surface area contributed by atoms with Crippen molar-refractivity contribution in [1.82, 2.24) is 40.4 Å². The minimum absolute atomic E-state index is 0.0231. The molecule has 18 nitrogen and oxygen atoms in total. The number of nitrogens with one attached hydrogen (secondary N) is 4. The lowest BCUT2D eigenvalue weighted by atomic mass is 9.89. The van der Waals surface area contributed by atoms with Gasteiger partial charge in [0.2, 0.25) is 11.8 Å². The molecule has 4 fully saturated rings. The zero-order valence-electron chi connectivity index (χ0n) is 43.4. The molecule has 6 heterocycles. The van der Waals surface area contributed by atoms with Gasteiger partial charge in [0.25, 0.3) is 0 Å². The molecule has 0 spiro atoms. The van der Waals surface area contributed by atoms with E-state index >= 15 is 8.78 Å². The van der Waals surface area contributed by atoms with E-state index in [2.05, 4.69) is 37.6 Å². The van der Waals surface area contributed by atoms with E-state index in [0.717, 1.165) is 41.4 Å². The van der Waals surface area contributed by atoms with Crippen LogP contribution in [0, 0.1) is 11.6 Å². The molecular weight excluding hydrogens is 979 g/mol. The molecule has 4 amide bonds. The summed E-state index contributed by atoms with van der Waals surface area (Å²) in [5, 5.41) is 14.5. The van der Waals surface area contributed by atoms with Crippen molar-refractivity contribution in [2.24, 2.45) is 0 Å². The highest BCUT2D eigenvalue weighted by atomic mass is 19.1. The molecule has 0 radical (unpaired) electrons. The second kappa shape index (κ2) is 22.1. The number of likely N-dealkylation sites (tertiary alicyclic amines) is 2. The van der Waals surface area contributed by atoms with Gasteiger partial charge in [-0.3, -0.25) is 9.59 Å². The molecule has 4 saturated heterocycles. The quantitative estimate of drug-likeness (QED) is 0.0653. The van der Waals surface area contributed by atoms with Crippen LogP contribution in [-0.4, -0.2) is 131 Å². The van der Waals surface area contributed by atoms with Gasteiger partial charge in [0.15, 0.2) is 11.6 Å². The maximum absolute atomic E-state index is 16.8. The summed E-state index contributed by atoms with van der Waals surface area (Å²) in [6, 6.07) is 21.5. The zero-order valence-corrected chi connectivity index (χ0v) is 43.4. The third-order valence-corrected chi connectivity index (χ3v) is 16.2. The van der Waals surface area contributed by atoms with Crippen molar-refractivity contribution in [1.29, 1.82) is 0 Å². The summed E-state index contributed by atoms with van der Waals surface area (Å²) in [6.45, 7) is 5.27. The van der Waals surface area contributed by atoms with Crippen molar-refractivity contribution < 1.29 is 47.3 Å². The monoisotopic (exact) mass is 1040 g/mol. The number of anilines is 2. The number of nitrogens with zero attached hydrogens (tertiary/aromatic N) is 6. The Kier molecular flexibility index (Phi) is 15.2. The van der Waals surface area contributed by atoms with Crippen LogP contribution in [0.2, 0.25) is 0 Å². The number of carbonyl (C=O) groups is 4. The smallest absolute Gasteiger partial charge is 0.407 e. The molecule has 0 bridgehead atoms. The normalized spacial score (nSPS) is 21.8. The summed E-state index contributed by atoms with van der Waals surface area (Å²) in [5.74, 6) is -0.477. The summed E-state index contributed by atoms with van der Waals surface area (Å²) in [4.78, 5) is 76.1. The first-order chi connectivity index (χ1) is 36.7. The molecule has 0 aliphatic carbocycles. The number of methoxy groups -OCH3 is 3. The van der Waals surface area contributed by atoms with E-state index in [9.17, 15) is 24.3 Å². The van der Waals surface area contributed by atoms with Crippen molar-refractivity contribution in [3.05, 3.63) is 119 Å². The number of aromatic amines is 2. The topological polar surface area (TPSA) is 211 Å². The lowest BCUT2D eigenvalue weighted by molar-refractivity contribution is -0.138. The van der Waals surface area contributed by atoms with E-state index in [-0.39, 0.29) is 23.7 Å². The number of hydrogen-bond acceptors (Lipinski definition) is 11. The highest BCUT2D eigenvalue weighted by molar-refractivity contribution is 5.88. The summed E-state index contributed by atoms with van der Waals surface area (Å²) >= 11 is 0. The molecule has 10 rings (SSSR count). The zero-order chi connectivity index (χ0) is 53.4. The maximum Gasteiger partial charge on any atom is 0.407 e. The second-order valence-corrected chi connectivity index (χ2v) is 20.5. The van der Waals surface area contributed by atoms with Gasteiger partial charge >= 0.3 is 12.2 Å². The first-order valence-corrected chi connectivity index (χ1v) is 26.3. The summed E-state index contributed by atoms with van der Waals surface area (Å²) in [7, 11) is 4.15. The molecule has 0 unspecified atom stereocenters. The Bertz CT molecular complexity index is 3070. The van der Waals surface area contributed by atoms with Crippen molar-refractivity contribution in [3.63, 3.8) is 0 Å². The van der Waals surface area contributed by atoms with Crippen LogP contribution in [-0.2, 0) is 23.8 Å².